The molecule has 0 bridgehead atoms. The lowest BCUT2D eigenvalue weighted by Gasteiger charge is -2.26. The number of hydrogen-bond acceptors (Lipinski definition) is 8. The van der Waals surface area contributed by atoms with E-state index in [1.807, 2.05) is 28.8 Å². The largest absolute Gasteiger partial charge is 0.477 e. The number of aromatic carboxylic acids is 1. The lowest BCUT2D eigenvalue weighted by atomic mass is 9.95. The molecule has 2 aromatic heterocycles. The molecule has 12 heteroatoms. The summed E-state index contributed by atoms with van der Waals surface area (Å²) >= 11 is 0. The zero-order valence-electron chi connectivity index (χ0n) is 21.0. The van der Waals surface area contributed by atoms with Crippen LogP contribution in [0.3, 0.4) is 0 Å². The molecule has 5 rings (SSSR count). The third kappa shape index (κ3) is 5.71. The van der Waals surface area contributed by atoms with Crippen LogP contribution in [0, 0.1) is 0 Å². The van der Waals surface area contributed by atoms with Crippen molar-refractivity contribution in [1.82, 2.24) is 18.8 Å². The van der Waals surface area contributed by atoms with Gasteiger partial charge in [0.1, 0.15) is 11.2 Å². The number of ether oxygens (including phenoxy) is 1. The van der Waals surface area contributed by atoms with Gasteiger partial charge in [-0.3, -0.25) is 4.79 Å². The first-order chi connectivity index (χ1) is 18.3. The molecule has 1 saturated heterocycles. The average Bonchev–Trinajstić information content (AvgIpc) is 2.94. The number of anilines is 2. The number of nitrogens with zero attached hydrogens (tertiary/aromatic N) is 4. The number of carboxylic acids is 1. The maximum Gasteiger partial charge on any atom is 0.341 e. The normalized spacial score (nSPS) is 17.5. The van der Waals surface area contributed by atoms with Crippen LogP contribution in [0.15, 0.2) is 41.5 Å². The number of carboxylic acid groups (broad SMARTS) is 1. The van der Waals surface area contributed by atoms with E-state index in [9.17, 15) is 23.1 Å². The fraction of sp³-hybridized carbons (Fsp3) is 0.462. The summed E-state index contributed by atoms with van der Waals surface area (Å²) in [5.41, 5.74) is 1.13. The highest BCUT2D eigenvalue weighted by Crippen LogP contribution is 2.30. The van der Waals surface area contributed by atoms with Gasteiger partial charge in [-0.05, 0) is 37.0 Å². The van der Waals surface area contributed by atoms with Crippen molar-refractivity contribution in [1.29, 1.82) is 0 Å². The SMILES string of the molecule is O=C(O)c1cn(C2CCCCC2)c2nc(Nc3ccc(CCS(=O)(=O)N4CCOCC4)cc3)ncc2c1=O. The van der Waals surface area contributed by atoms with Crippen molar-refractivity contribution in [2.24, 2.45) is 0 Å². The lowest BCUT2D eigenvalue weighted by molar-refractivity contribution is 0.0694. The minimum Gasteiger partial charge on any atom is -0.477 e. The van der Waals surface area contributed by atoms with E-state index in [-0.39, 0.29) is 28.7 Å². The molecule has 38 heavy (non-hydrogen) atoms. The van der Waals surface area contributed by atoms with E-state index in [0.29, 0.717) is 44.1 Å². The molecule has 0 amide bonds. The Kier molecular flexibility index (Phi) is 7.73. The van der Waals surface area contributed by atoms with Crippen LogP contribution >= 0.6 is 0 Å². The van der Waals surface area contributed by atoms with E-state index in [4.69, 9.17) is 4.74 Å². The summed E-state index contributed by atoms with van der Waals surface area (Å²) in [6, 6.07) is 7.43. The lowest BCUT2D eigenvalue weighted by Crippen LogP contribution is -2.42. The Balaban J connectivity index is 1.34. The first-order valence-electron chi connectivity index (χ1n) is 12.9. The van der Waals surface area contributed by atoms with E-state index >= 15 is 0 Å². The maximum absolute atomic E-state index is 12.8. The summed E-state index contributed by atoms with van der Waals surface area (Å²) in [6.45, 7) is 1.63. The van der Waals surface area contributed by atoms with Gasteiger partial charge in [-0.2, -0.15) is 9.29 Å². The van der Waals surface area contributed by atoms with Gasteiger partial charge in [-0.25, -0.2) is 18.2 Å². The second kappa shape index (κ2) is 11.2. The number of benzene rings is 1. The van der Waals surface area contributed by atoms with E-state index in [0.717, 1.165) is 37.7 Å². The molecule has 11 nitrogen and oxygen atoms in total. The molecule has 3 heterocycles. The number of hydrogen-bond donors (Lipinski definition) is 2. The Hall–Kier alpha value is -3.35. The average molecular weight is 542 g/mol. The summed E-state index contributed by atoms with van der Waals surface area (Å²) in [7, 11) is -3.33. The molecular weight excluding hydrogens is 510 g/mol. The minimum absolute atomic E-state index is 0.0323. The van der Waals surface area contributed by atoms with E-state index in [1.165, 1.54) is 16.7 Å². The Morgan fingerprint density at radius 1 is 1.11 bits per heavy atom. The number of sulfonamides is 1. The predicted molar refractivity (Wildman–Crippen MR) is 142 cm³/mol. The number of aromatic nitrogens is 3. The first-order valence-corrected chi connectivity index (χ1v) is 14.5. The molecule has 3 aromatic rings. The molecule has 0 spiro atoms. The molecule has 1 saturated carbocycles. The standard InChI is InChI=1S/C26H31N5O6S/c32-23-21-16-27-26(29-24(21)31(17-22(23)25(33)34)20-4-2-1-3-5-20)28-19-8-6-18(7-9-19)10-15-38(35,36)30-11-13-37-14-12-30/h6-9,16-17,20H,1-5,10-15H2,(H,33,34)(H,27,28,29). The topological polar surface area (TPSA) is 144 Å². The fourth-order valence-electron chi connectivity index (χ4n) is 5.07. The van der Waals surface area contributed by atoms with Gasteiger partial charge in [0, 0.05) is 37.2 Å². The minimum atomic E-state index is -3.33. The van der Waals surface area contributed by atoms with Crippen molar-refractivity contribution in [2.75, 3.05) is 37.4 Å². The Morgan fingerprint density at radius 2 is 1.82 bits per heavy atom. The third-order valence-electron chi connectivity index (χ3n) is 7.19. The molecule has 0 atom stereocenters. The van der Waals surface area contributed by atoms with Crippen molar-refractivity contribution in [3.63, 3.8) is 0 Å². The second-order valence-electron chi connectivity index (χ2n) is 9.71. The highest BCUT2D eigenvalue weighted by molar-refractivity contribution is 7.89. The molecule has 0 radical (unpaired) electrons. The van der Waals surface area contributed by atoms with Crippen molar-refractivity contribution >= 4 is 38.7 Å². The van der Waals surface area contributed by atoms with Crippen LogP contribution in [0.5, 0.6) is 0 Å². The summed E-state index contributed by atoms with van der Waals surface area (Å²) in [4.78, 5) is 33.4. The van der Waals surface area contributed by atoms with Crippen LogP contribution in [0.2, 0.25) is 0 Å². The van der Waals surface area contributed by atoms with Gasteiger partial charge >= 0.3 is 5.97 Å². The van der Waals surface area contributed by atoms with Crippen LogP contribution in [0.25, 0.3) is 11.0 Å². The van der Waals surface area contributed by atoms with Gasteiger partial charge in [0.25, 0.3) is 0 Å². The predicted octanol–water partition coefficient (Wildman–Crippen LogP) is 2.94. The number of morpholine rings is 1. The number of pyridine rings is 1. The quantitative estimate of drug-likeness (QED) is 0.440. The Morgan fingerprint density at radius 3 is 2.50 bits per heavy atom. The number of carbonyl (C=O) groups is 1. The monoisotopic (exact) mass is 541 g/mol. The van der Waals surface area contributed by atoms with Crippen molar-refractivity contribution in [2.45, 2.75) is 44.6 Å². The van der Waals surface area contributed by atoms with Crippen molar-refractivity contribution in [3.8, 4) is 0 Å². The molecular formula is C26H31N5O6S. The second-order valence-corrected chi connectivity index (χ2v) is 11.8. The smallest absolute Gasteiger partial charge is 0.341 e. The summed E-state index contributed by atoms with van der Waals surface area (Å²) in [6.07, 6.45) is 8.19. The number of fused-ring (bicyclic) bond motifs is 1. The zero-order chi connectivity index (χ0) is 26.7. The highest BCUT2D eigenvalue weighted by Gasteiger charge is 2.24. The number of aryl methyl sites for hydroxylation is 1. The van der Waals surface area contributed by atoms with Gasteiger partial charge < -0.3 is 19.7 Å². The number of nitrogens with one attached hydrogen (secondary N) is 1. The molecule has 0 unspecified atom stereocenters. The van der Waals surface area contributed by atoms with Gasteiger partial charge in [-0.1, -0.05) is 31.4 Å². The fourth-order valence-corrected chi connectivity index (χ4v) is 6.53. The van der Waals surface area contributed by atoms with Crippen molar-refractivity contribution in [3.05, 3.63) is 58.0 Å². The van der Waals surface area contributed by atoms with Crippen molar-refractivity contribution < 1.29 is 23.1 Å². The van der Waals surface area contributed by atoms with E-state index in [1.54, 1.807) is 0 Å². The van der Waals surface area contributed by atoms with Crippen LogP contribution in [-0.2, 0) is 21.2 Å². The van der Waals surface area contributed by atoms with Gasteiger partial charge in [0.15, 0.2) is 0 Å². The summed E-state index contributed by atoms with van der Waals surface area (Å²) in [5.74, 6) is -0.946. The number of rotatable bonds is 8. The van der Waals surface area contributed by atoms with Crippen LogP contribution in [0.4, 0.5) is 11.6 Å². The Labute approximate surface area is 220 Å². The molecule has 2 N–H and O–H groups in total. The van der Waals surface area contributed by atoms with Gasteiger partial charge in [0.05, 0.1) is 24.4 Å². The summed E-state index contributed by atoms with van der Waals surface area (Å²) < 4.78 is 33.7. The maximum atomic E-state index is 12.8. The summed E-state index contributed by atoms with van der Waals surface area (Å²) in [5, 5.41) is 12.9. The molecule has 1 aromatic carbocycles. The third-order valence-corrected chi connectivity index (χ3v) is 9.06. The van der Waals surface area contributed by atoms with Gasteiger partial charge in [-0.15, -0.1) is 0 Å². The van der Waals surface area contributed by atoms with Crippen LogP contribution in [0.1, 0.15) is 54.1 Å². The van der Waals surface area contributed by atoms with Crippen LogP contribution in [-0.4, -0.2) is 70.4 Å². The first kappa shape index (κ1) is 26.3. The Bertz CT molecular complexity index is 1480. The van der Waals surface area contributed by atoms with E-state index < -0.39 is 21.4 Å². The van der Waals surface area contributed by atoms with Gasteiger partial charge in [0.2, 0.25) is 21.4 Å². The molecule has 1 aliphatic carbocycles. The molecule has 1 aliphatic heterocycles. The molecule has 2 fully saturated rings. The zero-order valence-corrected chi connectivity index (χ0v) is 21.8. The molecule has 202 valence electrons. The van der Waals surface area contributed by atoms with Crippen LogP contribution < -0.4 is 10.7 Å². The molecule has 2 aliphatic rings. The van der Waals surface area contributed by atoms with E-state index in [2.05, 4.69) is 15.3 Å². The highest BCUT2D eigenvalue weighted by atomic mass is 32.2.